The van der Waals surface area contributed by atoms with E-state index in [0.29, 0.717) is 17.7 Å². The third-order valence-corrected chi connectivity index (χ3v) is 8.52. The summed E-state index contributed by atoms with van der Waals surface area (Å²) in [5.74, 6) is -1.19. The molecule has 3 aromatic rings. The maximum absolute atomic E-state index is 13.6. The van der Waals surface area contributed by atoms with E-state index in [1.54, 1.807) is 43.3 Å². The van der Waals surface area contributed by atoms with Crippen molar-refractivity contribution in [2.45, 2.75) is 24.9 Å². The van der Waals surface area contributed by atoms with Crippen LogP contribution in [-0.4, -0.2) is 55.3 Å². The number of carbonyl (C=O) groups is 3. The molecular weight excluding hydrogens is 466 g/mol. The molecule has 2 saturated heterocycles. The third kappa shape index (κ3) is 4.05. The Morgan fingerprint density at radius 1 is 1.03 bits per heavy atom. The second-order valence-corrected chi connectivity index (χ2v) is 11.4. The van der Waals surface area contributed by atoms with Crippen LogP contribution < -0.4 is 10.2 Å². The zero-order chi connectivity index (χ0) is 24.8. The first-order valence-electron chi connectivity index (χ1n) is 11.4. The van der Waals surface area contributed by atoms with Crippen LogP contribution in [-0.2, 0) is 25.0 Å². The van der Waals surface area contributed by atoms with E-state index in [1.807, 2.05) is 36.4 Å². The number of para-hydroxylation sites is 1. The molecule has 8 nitrogen and oxygen atoms in total. The monoisotopic (exact) mass is 491 g/mol. The van der Waals surface area contributed by atoms with Crippen LogP contribution in [0.1, 0.15) is 18.9 Å². The second-order valence-electron chi connectivity index (χ2n) is 9.13. The van der Waals surface area contributed by atoms with Crippen molar-refractivity contribution in [1.29, 1.82) is 0 Å². The van der Waals surface area contributed by atoms with Gasteiger partial charge in [-0.2, -0.15) is 0 Å². The molecule has 0 radical (unpaired) electrons. The lowest BCUT2D eigenvalue weighted by atomic mass is 9.88. The fourth-order valence-electron chi connectivity index (χ4n) is 5.02. The van der Waals surface area contributed by atoms with E-state index in [4.69, 9.17) is 0 Å². The first kappa shape index (κ1) is 23.0. The summed E-state index contributed by atoms with van der Waals surface area (Å²) in [6.45, 7) is 1.15. The van der Waals surface area contributed by atoms with Crippen LogP contribution in [0.2, 0.25) is 0 Å². The van der Waals surface area contributed by atoms with E-state index < -0.39 is 45.8 Å². The fourth-order valence-corrected chi connectivity index (χ4v) is 6.72. The van der Waals surface area contributed by atoms with Crippen LogP contribution in [0.5, 0.6) is 0 Å². The molecule has 0 aliphatic carbocycles. The van der Waals surface area contributed by atoms with Gasteiger partial charge < -0.3 is 10.2 Å². The van der Waals surface area contributed by atoms with Gasteiger partial charge in [0.05, 0.1) is 17.5 Å². The first-order chi connectivity index (χ1) is 16.7. The molecule has 4 amide bonds. The fraction of sp³-hybridized carbons (Fsp3) is 0.269. The smallest absolute Gasteiger partial charge is 0.319 e. The molecule has 2 aliphatic heterocycles. The maximum Gasteiger partial charge on any atom is 0.325 e. The number of anilines is 1. The molecule has 1 N–H and O–H groups in total. The maximum atomic E-state index is 13.6. The lowest BCUT2D eigenvalue weighted by Gasteiger charge is -2.30. The Morgan fingerprint density at radius 3 is 2.43 bits per heavy atom. The van der Waals surface area contributed by atoms with Crippen molar-refractivity contribution in [2.75, 3.05) is 23.0 Å². The predicted octanol–water partition coefficient (Wildman–Crippen LogP) is 2.83. The van der Waals surface area contributed by atoms with Gasteiger partial charge in [-0.15, -0.1) is 0 Å². The minimum Gasteiger partial charge on any atom is -0.319 e. The molecule has 0 aromatic heterocycles. The molecule has 2 unspecified atom stereocenters. The second kappa shape index (κ2) is 8.49. The van der Waals surface area contributed by atoms with Crippen LogP contribution in [0.3, 0.4) is 0 Å². The van der Waals surface area contributed by atoms with Gasteiger partial charge in [-0.05, 0) is 41.8 Å². The molecule has 0 saturated carbocycles. The molecule has 3 aromatic carbocycles. The third-order valence-electron chi connectivity index (χ3n) is 6.77. The van der Waals surface area contributed by atoms with Gasteiger partial charge in [0.1, 0.15) is 12.1 Å². The Hall–Kier alpha value is -3.72. The summed E-state index contributed by atoms with van der Waals surface area (Å²) in [7, 11) is -3.26. The zero-order valence-corrected chi connectivity index (χ0v) is 20.0. The summed E-state index contributed by atoms with van der Waals surface area (Å²) in [4.78, 5) is 42.4. The highest BCUT2D eigenvalue weighted by Crippen LogP contribution is 2.34. The number of imide groups is 1. The Bertz CT molecular complexity index is 1430. The topological polar surface area (TPSA) is 104 Å². The highest BCUT2D eigenvalue weighted by molar-refractivity contribution is 7.91. The van der Waals surface area contributed by atoms with Gasteiger partial charge in [0.2, 0.25) is 5.91 Å². The number of benzene rings is 3. The molecule has 0 bridgehead atoms. The highest BCUT2D eigenvalue weighted by Gasteiger charge is 2.50. The Morgan fingerprint density at radius 2 is 1.71 bits per heavy atom. The number of nitrogens with zero attached hydrogens (tertiary/aromatic N) is 2. The number of hydrogen-bond donors (Lipinski definition) is 1. The Balaban J connectivity index is 1.45. The molecule has 180 valence electrons. The normalized spacial score (nSPS) is 23.5. The molecule has 2 fully saturated rings. The van der Waals surface area contributed by atoms with Crippen molar-refractivity contribution in [1.82, 2.24) is 10.2 Å². The van der Waals surface area contributed by atoms with Crippen LogP contribution in [0, 0.1) is 0 Å². The van der Waals surface area contributed by atoms with Gasteiger partial charge in [0.15, 0.2) is 9.84 Å². The average Bonchev–Trinajstić information content (AvgIpc) is 3.30. The lowest BCUT2D eigenvalue weighted by Crippen LogP contribution is -2.48. The molecule has 9 heteroatoms. The van der Waals surface area contributed by atoms with Crippen molar-refractivity contribution in [3.63, 3.8) is 0 Å². The number of hydrogen-bond acceptors (Lipinski definition) is 5. The summed E-state index contributed by atoms with van der Waals surface area (Å²) in [5.41, 5.74) is -0.166. The van der Waals surface area contributed by atoms with Crippen LogP contribution >= 0.6 is 0 Å². The zero-order valence-electron chi connectivity index (χ0n) is 19.2. The molecule has 2 heterocycles. The quantitative estimate of drug-likeness (QED) is 0.553. The average molecular weight is 492 g/mol. The number of nitrogens with one attached hydrogen (secondary N) is 1. The summed E-state index contributed by atoms with van der Waals surface area (Å²) < 4.78 is 24.3. The molecule has 0 spiro atoms. The number of sulfone groups is 1. The van der Waals surface area contributed by atoms with E-state index in [9.17, 15) is 22.8 Å². The van der Waals surface area contributed by atoms with Crippen molar-refractivity contribution in [2.24, 2.45) is 0 Å². The number of rotatable bonds is 5. The predicted molar refractivity (Wildman–Crippen MR) is 133 cm³/mol. The summed E-state index contributed by atoms with van der Waals surface area (Å²) in [6.07, 6.45) is 0.302. The summed E-state index contributed by atoms with van der Waals surface area (Å²) in [5, 5.41) is 4.54. The Kier molecular flexibility index (Phi) is 5.59. The van der Waals surface area contributed by atoms with Crippen molar-refractivity contribution in [3.8, 4) is 0 Å². The molecule has 2 atom stereocenters. The van der Waals surface area contributed by atoms with E-state index in [2.05, 4.69) is 5.32 Å². The van der Waals surface area contributed by atoms with Crippen molar-refractivity contribution >= 4 is 44.1 Å². The summed E-state index contributed by atoms with van der Waals surface area (Å²) >= 11 is 0. The van der Waals surface area contributed by atoms with Gasteiger partial charge in [0.25, 0.3) is 5.91 Å². The number of urea groups is 1. The molecular formula is C26H25N3O5S. The molecule has 35 heavy (non-hydrogen) atoms. The number of amides is 4. The van der Waals surface area contributed by atoms with Crippen molar-refractivity contribution < 1.29 is 22.8 Å². The lowest BCUT2D eigenvalue weighted by molar-refractivity contribution is -0.134. The SMILES string of the molecule is CC1(c2cccc3ccccc23)NC(=O)N(CC(=O)N(c2ccccc2)C2CCS(=O)(=O)C2)C1=O. The standard InChI is InChI=1S/C26H25N3O5S/c1-26(22-13-7-9-18-8-5-6-12-21(18)22)24(31)28(25(32)27-26)16-23(30)29(19-10-3-2-4-11-19)20-14-15-35(33,34)17-20/h2-13,20H,14-17H2,1H3,(H,27,32). The van der Waals surface area contributed by atoms with Crippen molar-refractivity contribution in [3.05, 3.63) is 78.4 Å². The van der Waals surface area contributed by atoms with E-state index in [0.717, 1.165) is 15.7 Å². The van der Waals surface area contributed by atoms with Gasteiger partial charge in [-0.3, -0.25) is 14.5 Å². The van der Waals surface area contributed by atoms with Crippen LogP contribution in [0.15, 0.2) is 72.8 Å². The van der Waals surface area contributed by atoms with E-state index in [-0.39, 0.29) is 11.5 Å². The number of fused-ring (bicyclic) bond motifs is 1. The van der Waals surface area contributed by atoms with Gasteiger partial charge >= 0.3 is 6.03 Å². The van der Waals surface area contributed by atoms with E-state index in [1.165, 1.54) is 4.90 Å². The van der Waals surface area contributed by atoms with Crippen LogP contribution in [0.25, 0.3) is 10.8 Å². The van der Waals surface area contributed by atoms with Gasteiger partial charge in [0, 0.05) is 5.69 Å². The van der Waals surface area contributed by atoms with Gasteiger partial charge in [-0.1, -0.05) is 60.7 Å². The number of carbonyl (C=O) groups excluding carboxylic acids is 3. The van der Waals surface area contributed by atoms with E-state index >= 15 is 0 Å². The minimum absolute atomic E-state index is 0.00341. The highest BCUT2D eigenvalue weighted by atomic mass is 32.2. The largest absolute Gasteiger partial charge is 0.325 e. The summed E-state index contributed by atoms with van der Waals surface area (Å²) in [6, 6.07) is 20.7. The molecule has 2 aliphatic rings. The van der Waals surface area contributed by atoms with Crippen LogP contribution in [0.4, 0.5) is 10.5 Å². The molecule has 5 rings (SSSR count). The minimum atomic E-state index is -3.26. The first-order valence-corrected chi connectivity index (χ1v) is 13.2. The van der Waals surface area contributed by atoms with Gasteiger partial charge in [-0.25, -0.2) is 13.2 Å². The Labute approximate surface area is 203 Å².